The fourth-order valence-electron chi connectivity index (χ4n) is 4.16. The van der Waals surface area contributed by atoms with Gasteiger partial charge in [0.25, 0.3) is 0 Å². The smallest absolute Gasteiger partial charge is 0.0702 e. The fraction of sp³-hybridized carbons (Fsp3) is 0. The van der Waals surface area contributed by atoms with E-state index < -0.39 is 0 Å². The molecule has 0 aliphatic heterocycles. The Bertz CT molecular complexity index is 1430. The van der Waals surface area contributed by atoms with Crippen molar-refractivity contribution in [2.75, 3.05) is 0 Å². The zero-order chi connectivity index (χ0) is 17.3. The Kier molecular flexibility index (Phi) is 2.78. The molecule has 0 fully saturated rings. The zero-order valence-electron chi connectivity index (χ0n) is 13.8. The third kappa shape index (κ3) is 1.78. The molecule has 2 nitrogen and oxygen atoms in total. The molecule has 3 aromatic heterocycles. The number of fused-ring (bicyclic) bond motifs is 6. The van der Waals surface area contributed by atoms with E-state index in [-0.39, 0.29) is 0 Å². The molecule has 0 aliphatic rings. The van der Waals surface area contributed by atoms with Crippen LogP contribution < -0.4 is 0 Å². The van der Waals surface area contributed by atoms with Gasteiger partial charge in [-0.05, 0) is 42.5 Å². The summed E-state index contributed by atoms with van der Waals surface area (Å²) in [7, 11) is 0. The number of nitrogens with zero attached hydrogens (tertiary/aromatic N) is 2. The van der Waals surface area contributed by atoms with Crippen molar-refractivity contribution in [3.63, 3.8) is 0 Å². The fourth-order valence-corrected chi connectivity index (χ4v) is 4.62. The summed E-state index contributed by atoms with van der Waals surface area (Å²) in [6, 6.07) is 25.8. The van der Waals surface area contributed by atoms with Gasteiger partial charge in [-0.15, -0.1) is 0 Å². The van der Waals surface area contributed by atoms with Gasteiger partial charge >= 0.3 is 0 Å². The lowest BCUT2D eigenvalue weighted by Gasteiger charge is -2.02. The van der Waals surface area contributed by atoms with Crippen molar-refractivity contribution in [1.82, 2.24) is 9.38 Å². The van der Waals surface area contributed by atoms with Gasteiger partial charge in [-0.25, -0.2) is 0 Å². The average molecular weight is 397 g/mol. The number of pyridine rings is 1. The molecule has 3 aromatic carbocycles. The van der Waals surface area contributed by atoms with E-state index in [9.17, 15) is 0 Å². The van der Waals surface area contributed by atoms with Crippen molar-refractivity contribution in [3.05, 3.63) is 83.5 Å². The number of para-hydroxylation sites is 1. The van der Waals surface area contributed by atoms with Gasteiger partial charge in [-0.2, -0.15) is 0 Å². The standard InChI is InChI=1S/C23H13BrN2/c24-15-12-18-16-5-1-2-7-21(16)26-22-9-8-14(20-6-3-4-10-25-20)11-17(22)19(13-15)23(18)26/h1-13H. The molecule has 0 aliphatic carbocycles. The second-order valence-corrected chi connectivity index (χ2v) is 7.56. The topological polar surface area (TPSA) is 17.3 Å². The van der Waals surface area contributed by atoms with Gasteiger partial charge in [0, 0.05) is 37.8 Å². The van der Waals surface area contributed by atoms with Crippen LogP contribution in [0.1, 0.15) is 0 Å². The number of hydrogen-bond acceptors (Lipinski definition) is 1. The Labute approximate surface area is 158 Å². The Hall–Kier alpha value is -2.91. The Morgan fingerprint density at radius 2 is 1.46 bits per heavy atom. The van der Waals surface area contributed by atoms with Gasteiger partial charge in [0.05, 0.1) is 22.2 Å². The summed E-state index contributed by atoms with van der Waals surface area (Å²) in [6.45, 7) is 0. The van der Waals surface area contributed by atoms with Crippen LogP contribution in [-0.4, -0.2) is 9.38 Å². The van der Waals surface area contributed by atoms with Crippen LogP contribution in [0.25, 0.3) is 49.4 Å². The summed E-state index contributed by atoms with van der Waals surface area (Å²) < 4.78 is 3.50. The molecule has 26 heavy (non-hydrogen) atoms. The van der Waals surface area contributed by atoms with Gasteiger partial charge in [0.2, 0.25) is 0 Å². The van der Waals surface area contributed by atoms with E-state index >= 15 is 0 Å². The highest BCUT2D eigenvalue weighted by Gasteiger charge is 2.18. The number of rotatable bonds is 1. The molecule has 6 aromatic rings. The normalized spacial score (nSPS) is 12.0. The van der Waals surface area contributed by atoms with E-state index in [0.29, 0.717) is 0 Å². The lowest BCUT2D eigenvalue weighted by Crippen LogP contribution is -1.83. The van der Waals surface area contributed by atoms with Gasteiger partial charge in [0.15, 0.2) is 0 Å². The third-order valence-corrected chi connectivity index (χ3v) is 5.68. The zero-order valence-corrected chi connectivity index (χ0v) is 15.4. The van der Waals surface area contributed by atoms with Crippen LogP contribution in [0.15, 0.2) is 83.5 Å². The summed E-state index contributed by atoms with van der Waals surface area (Å²) in [5, 5.41) is 5.13. The summed E-state index contributed by atoms with van der Waals surface area (Å²) in [6.07, 6.45) is 1.84. The Balaban J connectivity index is 1.84. The Morgan fingerprint density at radius 3 is 2.31 bits per heavy atom. The van der Waals surface area contributed by atoms with E-state index in [1.807, 2.05) is 18.3 Å². The molecule has 6 rings (SSSR count). The van der Waals surface area contributed by atoms with E-state index in [1.54, 1.807) is 0 Å². The van der Waals surface area contributed by atoms with Crippen molar-refractivity contribution >= 4 is 54.0 Å². The molecule has 0 radical (unpaired) electrons. The molecule has 0 spiro atoms. The lowest BCUT2D eigenvalue weighted by molar-refractivity contribution is 1.33. The molecule has 0 amide bonds. The van der Waals surface area contributed by atoms with Gasteiger partial charge in [-0.1, -0.05) is 46.3 Å². The van der Waals surface area contributed by atoms with Crippen molar-refractivity contribution < 1.29 is 0 Å². The van der Waals surface area contributed by atoms with E-state index in [2.05, 4.69) is 86.0 Å². The van der Waals surface area contributed by atoms with Crippen molar-refractivity contribution in [2.24, 2.45) is 0 Å². The van der Waals surface area contributed by atoms with E-state index in [0.717, 1.165) is 15.7 Å². The highest BCUT2D eigenvalue weighted by atomic mass is 79.9. The molecular formula is C23H13BrN2. The summed E-state index contributed by atoms with van der Waals surface area (Å²) in [5.74, 6) is 0. The number of benzene rings is 3. The van der Waals surface area contributed by atoms with E-state index in [4.69, 9.17) is 0 Å². The highest BCUT2D eigenvalue weighted by molar-refractivity contribution is 9.10. The van der Waals surface area contributed by atoms with Crippen LogP contribution in [-0.2, 0) is 0 Å². The predicted molar refractivity (Wildman–Crippen MR) is 112 cm³/mol. The summed E-state index contributed by atoms with van der Waals surface area (Å²) in [4.78, 5) is 4.51. The van der Waals surface area contributed by atoms with Crippen molar-refractivity contribution in [3.8, 4) is 11.3 Å². The Morgan fingerprint density at radius 1 is 0.692 bits per heavy atom. The molecule has 0 atom stereocenters. The first kappa shape index (κ1) is 14.3. The van der Waals surface area contributed by atoms with Gasteiger partial charge in [0.1, 0.15) is 0 Å². The van der Waals surface area contributed by atoms with Crippen molar-refractivity contribution in [2.45, 2.75) is 0 Å². The highest BCUT2D eigenvalue weighted by Crippen LogP contribution is 2.41. The van der Waals surface area contributed by atoms with Crippen LogP contribution in [0.5, 0.6) is 0 Å². The second-order valence-electron chi connectivity index (χ2n) is 6.65. The maximum absolute atomic E-state index is 4.51. The van der Waals surface area contributed by atoms with Crippen LogP contribution in [0.2, 0.25) is 0 Å². The minimum atomic E-state index is 1.00. The first-order valence-electron chi connectivity index (χ1n) is 8.60. The molecule has 3 heteroatoms. The molecule has 122 valence electrons. The van der Waals surface area contributed by atoms with Crippen molar-refractivity contribution in [1.29, 1.82) is 0 Å². The molecule has 0 unspecified atom stereocenters. The SMILES string of the molecule is Brc1cc2c3ccccc3n3c4ccc(-c5ccccn5)cc4c(c1)c23. The first-order valence-corrected chi connectivity index (χ1v) is 9.39. The minimum Gasteiger partial charge on any atom is -0.308 e. The summed E-state index contributed by atoms with van der Waals surface area (Å²) >= 11 is 3.71. The minimum absolute atomic E-state index is 1.00. The van der Waals surface area contributed by atoms with E-state index in [1.165, 1.54) is 38.1 Å². The van der Waals surface area contributed by atoms with Gasteiger partial charge in [-0.3, -0.25) is 4.98 Å². The molecule has 0 N–H and O–H groups in total. The summed E-state index contributed by atoms with van der Waals surface area (Å²) in [5.41, 5.74) is 5.94. The average Bonchev–Trinajstić information content (AvgIpc) is 3.19. The molecule has 0 saturated heterocycles. The predicted octanol–water partition coefficient (Wildman–Crippen LogP) is 6.66. The van der Waals surface area contributed by atoms with Crippen LogP contribution >= 0.6 is 15.9 Å². The maximum atomic E-state index is 4.51. The number of aromatic nitrogens is 2. The molecular weight excluding hydrogens is 384 g/mol. The third-order valence-electron chi connectivity index (χ3n) is 5.22. The van der Waals surface area contributed by atoms with Crippen LogP contribution in [0.4, 0.5) is 0 Å². The first-order chi connectivity index (χ1) is 12.8. The van der Waals surface area contributed by atoms with Crippen LogP contribution in [0, 0.1) is 0 Å². The maximum Gasteiger partial charge on any atom is 0.0702 e. The van der Waals surface area contributed by atoms with Crippen LogP contribution in [0.3, 0.4) is 0 Å². The quantitative estimate of drug-likeness (QED) is 0.303. The largest absolute Gasteiger partial charge is 0.308 e. The molecule has 0 saturated carbocycles. The second kappa shape index (κ2) is 5.05. The van der Waals surface area contributed by atoms with Gasteiger partial charge < -0.3 is 4.40 Å². The lowest BCUT2D eigenvalue weighted by atomic mass is 10.0. The number of hydrogen-bond donors (Lipinski definition) is 0. The monoisotopic (exact) mass is 396 g/mol. The molecule has 0 bridgehead atoms. The molecule has 3 heterocycles. The number of halogens is 1.